The van der Waals surface area contributed by atoms with E-state index >= 15 is 0 Å². The lowest BCUT2D eigenvalue weighted by Crippen LogP contribution is -2.27. The van der Waals surface area contributed by atoms with Gasteiger partial charge in [-0.25, -0.2) is 15.0 Å². The molecule has 0 aliphatic rings. The molecule has 3 aromatic heterocycles. The molecule has 168 valence electrons. The van der Waals surface area contributed by atoms with E-state index in [1.165, 1.54) is 0 Å². The summed E-state index contributed by atoms with van der Waals surface area (Å²) in [5.74, 6) is 1.51. The summed E-state index contributed by atoms with van der Waals surface area (Å²) in [6, 6.07) is 15.6. The van der Waals surface area contributed by atoms with Gasteiger partial charge >= 0.3 is 0 Å². The van der Waals surface area contributed by atoms with Gasteiger partial charge in [0.15, 0.2) is 11.3 Å². The van der Waals surface area contributed by atoms with Crippen LogP contribution in [0, 0.1) is 0 Å². The van der Waals surface area contributed by atoms with Crippen molar-refractivity contribution in [1.29, 1.82) is 0 Å². The lowest BCUT2D eigenvalue weighted by atomic mass is 10.2. The number of para-hydroxylation sites is 2. The Hall–Kier alpha value is -3.78. The van der Waals surface area contributed by atoms with Gasteiger partial charge in [0.1, 0.15) is 22.5 Å². The van der Waals surface area contributed by atoms with Crippen LogP contribution >= 0.6 is 0 Å². The molecular formula is C25H25N5O3. The molecule has 0 bridgehead atoms. The van der Waals surface area contributed by atoms with Gasteiger partial charge in [0, 0.05) is 13.5 Å². The van der Waals surface area contributed by atoms with Crippen molar-refractivity contribution in [3.8, 4) is 5.75 Å². The van der Waals surface area contributed by atoms with Crippen molar-refractivity contribution in [2.45, 2.75) is 26.4 Å². The minimum Gasteiger partial charge on any atom is -0.497 e. The van der Waals surface area contributed by atoms with E-state index in [1.807, 2.05) is 60.0 Å². The molecule has 0 saturated heterocycles. The number of methoxy groups -OCH3 is 2. The third-order valence-electron chi connectivity index (χ3n) is 5.86. The minimum absolute atomic E-state index is 0.114. The lowest BCUT2D eigenvalue weighted by Gasteiger charge is -2.12. The summed E-state index contributed by atoms with van der Waals surface area (Å²) in [6.07, 6.45) is 0.627. The third-order valence-corrected chi connectivity index (χ3v) is 5.86. The number of nitrogens with zero attached hydrogens (tertiary/aromatic N) is 5. The summed E-state index contributed by atoms with van der Waals surface area (Å²) in [5.41, 5.74) is 4.28. The SMILES string of the molecule is CCc1nc2c(c(=O)n1CCOC)c1nc3ccccc3nc1n2Cc1ccc(OC)cc1. The van der Waals surface area contributed by atoms with Gasteiger partial charge in [0.05, 0.1) is 37.8 Å². The Balaban J connectivity index is 1.82. The van der Waals surface area contributed by atoms with Crippen molar-refractivity contribution < 1.29 is 9.47 Å². The second-order valence-electron chi connectivity index (χ2n) is 7.85. The zero-order valence-corrected chi connectivity index (χ0v) is 18.9. The van der Waals surface area contributed by atoms with E-state index < -0.39 is 0 Å². The molecule has 0 amide bonds. The van der Waals surface area contributed by atoms with E-state index in [9.17, 15) is 4.79 Å². The molecule has 3 heterocycles. The number of fused-ring (bicyclic) bond motifs is 4. The molecule has 0 spiro atoms. The smallest absolute Gasteiger partial charge is 0.265 e. The average Bonchev–Trinajstić information content (AvgIpc) is 3.14. The standard InChI is InChI=1S/C25H25N5O3/c1-4-20-28-23-21(25(31)29(20)13-14-32-2)22-24(27-19-8-6-5-7-18(19)26-22)30(23)15-16-9-11-17(33-3)12-10-16/h5-12H,4,13-15H2,1-3H3. The first kappa shape index (κ1) is 21.1. The molecule has 0 unspecified atom stereocenters. The number of aryl methyl sites for hydroxylation is 1. The molecule has 0 N–H and O–H groups in total. The van der Waals surface area contributed by atoms with Gasteiger partial charge in [-0.1, -0.05) is 31.2 Å². The maximum Gasteiger partial charge on any atom is 0.265 e. The van der Waals surface area contributed by atoms with Gasteiger partial charge in [0.25, 0.3) is 5.56 Å². The molecule has 0 aliphatic heterocycles. The number of aromatic nitrogens is 5. The first-order valence-electron chi connectivity index (χ1n) is 10.9. The molecule has 8 heteroatoms. The normalized spacial score (nSPS) is 11.6. The van der Waals surface area contributed by atoms with Crippen molar-refractivity contribution in [2.75, 3.05) is 20.8 Å². The first-order chi connectivity index (χ1) is 16.1. The van der Waals surface area contributed by atoms with Crippen LogP contribution < -0.4 is 10.3 Å². The van der Waals surface area contributed by atoms with E-state index in [0.717, 1.165) is 22.3 Å². The van der Waals surface area contributed by atoms with Crippen molar-refractivity contribution in [3.63, 3.8) is 0 Å². The molecule has 5 rings (SSSR count). The fraction of sp³-hybridized carbons (Fsp3) is 0.280. The second-order valence-corrected chi connectivity index (χ2v) is 7.85. The zero-order valence-electron chi connectivity index (χ0n) is 18.9. The van der Waals surface area contributed by atoms with E-state index in [0.29, 0.717) is 54.1 Å². The molecule has 5 aromatic rings. The fourth-order valence-electron chi connectivity index (χ4n) is 4.18. The molecule has 0 fully saturated rings. The fourth-order valence-corrected chi connectivity index (χ4v) is 4.18. The Morgan fingerprint density at radius 2 is 1.61 bits per heavy atom. The van der Waals surface area contributed by atoms with Crippen LogP contribution in [0.5, 0.6) is 5.75 Å². The molecule has 8 nitrogen and oxygen atoms in total. The summed E-state index contributed by atoms with van der Waals surface area (Å²) in [7, 11) is 3.27. The summed E-state index contributed by atoms with van der Waals surface area (Å²) < 4.78 is 14.2. The number of hydrogen-bond donors (Lipinski definition) is 0. The van der Waals surface area contributed by atoms with Gasteiger partial charge < -0.3 is 14.0 Å². The van der Waals surface area contributed by atoms with E-state index in [4.69, 9.17) is 24.4 Å². The average molecular weight is 444 g/mol. The van der Waals surface area contributed by atoms with Crippen LogP contribution in [0.4, 0.5) is 0 Å². The second kappa shape index (κ2) is 8.63. The Labute approximate surface area is 190 Å². The van der Waals surface area contributed by atoms with Crippen LogP contribution in [0.25, 0.3) is 33.2 Å². The Kier molecular flexibility index (Phi) is 5.51. The maximum atomic E-state index is 13.7. The van der Waals surface area contributed by atoms with Crippen LogP contribution in [-0.2, 0) is 24.2 Å². The molecule has 2 aromatic carbocycles. The highest BCUT2D eigenvalue weighted by molar-refractivity contribution is 6.04. The maximum absolute atomic E-state index is 13.7. The highest BCUT2D eigenvalue weighted by atomic mass is 16.5. The largest absolute Gasteiger partial charge is 0.497 e. The summed E-state index contributed by atoms with van der Waals surface area (Å²) in [5, 5.41) is 0.491. The lowest BCUT2D eigenvalue weighted by molar-refractivity contribution is 0.185. The Bertz CT molecular complexity index is 1520. The van der Waals surface area contributed by atoms with Gasteiger partial charge in [-0.3, -0.25) is 9.36 Å². The summed E-state index contributed by atoms with van der Waals surface area (Å²) in [6.45, 7) is 3.37. The summed E-state index contributed by atoms with van der Waals surface area (Å²) >= 11 is 0. The Morgan fingerprint density at radius 1 is 0.879 bits per heavy atom. The number of hydrogen-bond acceptors (Lipinski definition) is 6. The van der Waals surface area contributed by atoms with Gasteiger partial charge in [-0.15, -0.1) is 0 Å². The number of rotatable bonds is 7. The van der Waals surface area contributed by atoms with Crippen molar-refractivity contribution in [1.82, 2.24) is 24.1 Å². The van der Waals surface area contributed by atoms with Crippen molar-refractivity contribution in [2.24, 2.45) is 0 Å². The number of ether oxygens (including phenoxy) is 2. The highest BCUT2D eigenvalue weighted by Crippen LogP contribution is 2.27. The molecule has 0 radical (unpaired) electrons. The van der Waals surface area contributed by atoms with E-state index in [1.54, 1.807) is 18.8 Å². The molecule has 0 aliphatic carbocycles. The van der Waals surface area contributed by atoms with Gasteiger partial charge in [0.2, 0.25) is 0 Å². The molecule has 0 atom stereocenters. The monoisotopic (exact) mass is 443 g/mol. The van der Waals surface area contributed by atoms with Gasteiger partial charge in [-0.2, -0.15) is 0 Å². The zero-order chi connectivity index (χ0) is 22.9. The predicted molar refractivity (Wildman–Crippen MR) is 128 cm³/mol. The van der Waals surface area contributed by atoms with Crippen LogP contribution in [0.15, 0.2) is 53.3 Å². The summed E-state index contributed by atoms with van der Waals surface area (Å²) in [4.78, 5) is 28.4. The van der Waals surface area contributed by atoms with Crippen LogP contribution in [0.2, 0.25) is 0 Å². The van der Waals surface area contributed by atoms with Crippen molar-refractivity contribution in [3.05, 3.63) is 70.3 Å². The van der Waals surface area contributed by atoms with Crippen LogP contribution in [0.1, 0.15) is 18.3 Å². The van der Waals surface area contributed by atoms with E-state index in [-0.39, 0.29) is 5.56 Å². The van der Waals surface area contributed by atoms with Gasteiger partial charge in [-0.05, 0) is 29.8 Å². The topological polar surface area (TPSA) is 84.1 Å². The minimum atomic E-state index is -0.114. The van der Waals surface area contributed by atoms with Crippen molar-refractivity contribution >= 4 is 33.2 Å². The third kappa shape index (κ3) is 3.62. The molecular weight excluding hydrogens is 418 g/mol. The quantitative estimate of drug-likeness (QED) is 0.382. The van der Waals surface area contributed by atoms with Crippen LogP contribution in [-0.4, -0.2) is 44.9 Å². The van der Waals surface area contributed by atoms with Crippen LogP contribution in [0.3, 0.4) is 0 Å². The van der Waals surface area contributed by atoms with E-state index in [2.05, 4.69) is 0 Å². The highest BCUT2D eigenvalue weighted by Gasteiger charge is 2.22. The number of benzene rings is 2. The molecule has 0 saturated carbocycles. The Morgan fingerprint density at radius 3 is 2.27 bits per heavy atom. The molecule has 33 heavy (non-hydrogen) atoms. The predicted octanol–water partition coefficient (Wildman–Crippen LogP) is 3.56. The first-order valence-corrected chi connectivity index (χ1v) is 10.9.